The summed E-state index contributed by atoms with van der Waals surface area (Å²) in [6.07, 6.45) is -8.36. The van der Waals surface area contributed by atoms with Gasteiger partial charge in [-0.1, -0.05) is 20.8 Å². The van der Waals surface area contributed by atoms with Crippen LogP contribution in [-0.4, -0.2) is 90.1 Å². The lowest BCUT2D eigenvalue weighted by atomic mass is 9.50. The van der Waals surface area contributed by atoms with Crippen LogP contribution in [0.15, 0.2) is 0 Å². The van der Waals surface area contributed by atoms with E-state index in [0.29, 0.717) is 0 Å². The van der Waals surface area contributed by atoms with Crippen LogP contribution in [0.3, 0.4) is 0 Å². The van der Waals surface area contributed by atoms with Crippen molar-refractivity contribution in [2.24, 2.45) is 28.1 Å². The first-order valence-corrected chi connectivity index (χ1v) is 10.4. The van der Waals surface area contributed by atoms with Crippen LogP contribution in [0.5, 0.6) is 0 Å². The molecule has 2 saturated carbocycles. The van der Waals surface area contributed by atoms with E-state index < -0.39 is 87.6 Å². The van der Waals surface area contributed by atoms with Crippen LogP contribution in [0.1, 0.15) is 34.1 Å². The maximum atomic E-state index is 12.9. The van der Waals surface area contributed by atoms with Gasteiger partial charge in [-0.2, -0.15) is 0 Å². The van der Waals surface area contributed by atoms with Gasteiger partial charge in [0.25, 0.3) is 5.79 Å². The molecule has 5 aliphatic rings. The fourth-order valence-electron chi connectivity index (χ4n) is 7.88. The maximum Gasteiger partial charge on any atom is 0.340 e. The summed E-state index contributed by atoms with van der Waals surface area (Å²) in [6.45, 7) is 6.26. The van der Waals surface area contributed by atoms with E-state index >= 15 is 0 Å². The van der Waals surface area contributed by atoms with Crippen LogP contribution in [-0.2, 0) is 28.6 Å². The third kappa shape index (κ3) is 1.60. The zero-order valence-electron chi connectivity index (χ0n) is 17.8. The van der Waals surface area contributed by atoms with Crippen molar-refractivity contribution in [2.75, 3.05) is 0 Å². The molecule has 2 aliphatic carbocycles. The summed E-state index contributed by atoms with van der Waals surface area (Å²) in [4.78, 5) is 37.8. The zero-order chi connectivity index (χ0) is 24.0. The van der Waals surface area contributed by atoms with Crippen molar-refractivity contribution in [3.8, 4) is 0 Å². The maximum absolute atomic E-state index is 12.9. The zero-order valence-corrected chi connectivity index (χ0v) is 17.8. The van der Waals surface area contributed by atoms with Gasteiger partial charge in [-0.3, -0.25) is 4.79 Å². The molecular weight excluding hydrogens is 432 g/mol. The minimum absolute atomic E-state index is 0.225. The average Bonchev–Trinajstić information content (AvgIpc) is 3.29. The fourth-order valence-corrected chi connectivity index (χ4v) is 7.88. The SMILES string of the molecule is CC1C(=O)OC2(O)C(O)C34C(O)CC(C(C)(C)C)C35C(OC(=O)C5O)OC4(C(=O)O)C12O. The molecule has 3 heterocycles. The third-order valence-corrected chi connectivity index (χ3v) is 8.90. The molecule has 0 radical (unpaired) electrons. The molecule has 0 amide bonds. The van der Waals surface area contributed by atoms with Gasteiger partial charge in [-0.25, -0.2) is 9.59 Å². The largest absolute Gasteiger partial charge is 0.479 e. The summed E-state index contributed by atoms with van der Waals surface area (Å²) in [5.74, 6) is -10.1. The Morgan fingerprint density at radius 2 is 1.69 bits per heavy atom. The summed E-state index contributed by atoms with van der Waals surface area (Å²) < 4.78 is 15.9. The van der Waals surface area contributed by atoms with E-state index in [2.05, 4.69) is 0 Å². The van der Waals surface area contributed by atoms with Crippen molar-refractivity contribution in [1.82, 2.24) is 0 Å². The molecule has 2 spiro atoms. The number of esters is 2. The fraction of sp³-hybridized carbons (Fsp3) is 0.850. The molecule has 3 aliphatic heterocycles. The van der Waals surface area contributed by atoms with Gasteiger partial charge in [0.1, 0.15) is 6.10 Å². The number of hydrogen-bond donors (Lipinski definition) is 6. The van der Waals surface area contributed by atoms with Gasteiger partial charge in [-0.15, -0.1) is 0 Å². The standard InChI is InChI=1S/C20H26O12/c1-6-10(23)31-20(29)12(25)17-8(21)5-7(15(2,3)4)16(17)9(22)11(24)30-14(16)32-19(17,13(26)27)18(6,20)28/h6-9,12,14,21-22,25,28-29H,5H2,1-4H3,(H,26,27). The van der Waals surface area contributed by atoms with Crippen molar-refractivity contribution in [1.29, 1.82) is 0 Å². The van der Waals surface area contributed by atoms with E-state index in [4.69, 9.17) is 14.2 Å². The minimum atomic E-state index is -3.21. The van der Waals surface area contributed by atoms with Gasteiger partial charge < -0.3 is 44.8 Å². The molecule has 3 saturated heterocycles. The summed E-state index contributed by atoms with van der Waals surface area (Å²) in [7, 11) is 0. The van der Waals surface area contributed by atoms with Crippen molar-refractivity contribution in [2.45, 2.75) is 75.7 Å². The highest BCUT2D eigenvalue weighted by atomic mass is 16.8. The molecule has 11 unspecified atom stereocenters. The summed E-state index contributed by atoms with van der Waals surface area (Å²) in [5.41, 5.74) is -11.7. The Kier molecular flexibility index (Phi) is 3.74. The minimum Gasteiger partial charge on any atom is -0.479 e. The highest BCUT2D eigenvalue weighted by Gasteiger charge is 3.04. The Balaban J connectivity index is 1.95. The number of carbonyl (C=O) groups excluding carboxylic acids is 2. The van der Waals surface area contributed by atoms with Crippen molar-refractivity contribution >= 4 is 17.9 Å². The third-order valence-electron chi connectivity index (χ3n) is 8.90. The number of hydrogen-bond acceptors (Lipinski definition) is 11. The molecule has 11 atom stereocenters. The van der Waals surface area contributed by atoms with Gasteiger partial charge in [0.15, 0.2) is 11.7 Å². The topological polar surface area (TPSA) is 200 Å². The molecule has 0 aromatic heterocycles. The van der Waals surface area contributed by atoms with E-state index in [9.17, 15) is 45.0 Å². The van der Waals surface area contributed by atoms with Crippen molar-refractivity contribution in [3.05, 3.63) is 0 Å². The molecule has 0 aromatic carbocycles. The second-order valence-electron chi connectivity index (χ2n) is 10.8. The molecule has 178 valence electrons. The number of carboxylic acid groups (broad SMARTS) is 1. The predicted octanol–water partition coefficient (Wildman–Crippen LogP) is -2.53. The molecule has 5 fully saturated rings. The number of aliphatic hydroxyl groups is 5. The van der Waals surface area contributed by atoms with Gasteiger partial charge in [0.2, 0.25) is 11.9 Å². The van der Waals surface area contributed by atoms with Gasteiger partial charge in [-0.05, 0) is 24.7 Å². The molecule has 5 rings (SSSR count). The first-order valence-electron chi connectivity index (χ1n) is 10.4. The number of ether oxygens (including phenoxy) is 3. The van der Waals surface area contributed by atoms with Crippen LogP contribution in [0.2, 0.25) is 0 Å². The van der Waals surface area contributed by atoms with Crippen LogP contribution in [0.25, 0.3) is 0 Å². The Bertz CT molecular complexity index is 959. The quantitative estimate of drug-likeness (QED) is 0.225. The number of rotatable bonds is 1. The van der Waals surface area contributed by atoms with Crippen LogP contribution < -0.4 is 0 Å². The molecule has 0 bridgehead atoms. The van der Waals surface area contributed by atoms with Crippen molar-refractivity contribution < 1.29 is 59.2 Å². The molecular formula is C20H26O12. The lowest BCUT2D eigenvalue weighted by molar-refractivity contribution is -0.314. The number of aliphatic hydroxyl groups excluding tert-OH is 3. The monoisotopic (exact) mass is 458 g/mol. The van der Waals surface area contributed by atoms with E-state index in [0.717, 1.165) is 6.92 Å². The summed E-state index contributed by atoms with van der Waals surface area (Å²) in [6, 6.07) is 0. The molecule has 6 N–H and O–H groups in total. The number of fused-ring (bicyclic) bond motifs is 2. The molecule has 32 heavy (non-hydrogen) atoms. The highest BCUT2D eigenvalue weighted by molar-refractivity contribution is 5.91. The lowest BCUT2D eigenvalue weighted by Gasteiger charge is -2.49. The Hall–Kier alpha value is -1.83. The van der Waals surface area contributed by atoms with E-state index in [1.54, 1.807) is 20.8 Å². The number of aliphatic carboxylic acids is 1. The van der Waals surface area contributed by atoms with E-state index in [-0.39, 0.29) is 6.42 Å². The lowest BCUT2D eigenvalue weighted by Crippen LogP contribution is -2.71. The smallest absolute Gasteiger partial charge is 0.340 e. The average molecular weight is 458 g/mol. The van der Waals surface area contributed by atoms with Crippen molar-refractivity contribution in [3.63, 3.8) is 0 Å². The Morgan fingerprint density at radius 3 is 2.22 bits per heavy atom. The first-order chi connectivity index (χ1) is 14.5. The van der Waals surface area contributed by atoms with Crippen LogP contribution >= 0.6 is 0 Å². The second kappa shape index (κ2) is 5.45. The highest BCUT2D eigenvalue weighted by Crippen LogP contribution is 2.83. The molecule has 12 heteroatoms. The number of carbonyl (C=O) groups is 3. The normalized spacial score (nSPS) is 58.2. The van der Waals surface area contributed by atoms with E-state index in [1.807, 2.05) is 0 Å². The Labute approximate surface area is 181 Å². The van der Waals surface area contributed by atoms with Gasteiger partial charge in [0.05, 0.1) is 22.9 Å². The van der Waals surface area contributed by atoms with E-state index in [1.165, 1.54) is 0 Å². The Morgan fingerprint density at radius 1 is 1.09 bits per heavy atom. The van der Waals surface area contributed by atoms with Gasteiger partial charge in [0, 0.05) is 0 Å². The van der Waals surface area contributed by atoms with Gasteiger partial charge >= 0.3 is 17.9 Å². The predicted molar refractivity (Wildman–Crippen MR) is 96.9 cm³/mol. The second-order valence-corrected chi connectivity index (χ2v) is 10.8. The molecule has 0 aromatic rings. The summed E-state index contributed by atoms with van der Waals surface area (Å²) >= 11 is 0. The van der Waals surface area contributed by atoms with Crippen LogP contribution in [0.4, 0.5) is 0 Å². The first kappa shape index (κ1) is 22.0. The summed E-state index contributed by atoms with van der Waals surface area (Å²) in [5, 5.41) is 67.6. The molecule has 12 nitrogen and oxygen atoms in total. The van der Waals surface area contributed by atoms with Crippen LogP contribution in [0, 0.1) is 28.1 Å². The number of carboxylic acids is 1.